The zero-order chi connectivity index (χ0) is 8.98. The number of nitriles is 1. The molecule has 0 aromatic carbocycles. The molecule has 2 aliphatic rings. The minimum absolute atomic E-state index is 0.0706. The van der Waals surface area contributed by atoms with Crippen molar-refractivity contribution in [2.24, 2.45) is 16.7 Å². The van der Waals surface area contributed by atoms with Crippen molar-refractivity contribution < 1.29 is 4.79 Å². The van der Waals surface area contributed by atoms with Crippen LogP contribution in [0.4, 0.5) is 0 Å². The van der Waals surface area contributed by atoms with Crippen LogP contribution in [0.1, 0.15) is 33.1 Å². The smallest absolute Gasteiger partial charge is 0.153 e. The third kappa shape index (κ3) is 0.555. The first-order valence-corrected chi connectivity index (χ1v) is 4.49. The molecule has 12 heavy (non-hydrogen) atoms. The Hall–Kier alpha value is -0.840. The van der Waals surface area contributed by atoms with E-state index in [2.05, 4.69) is 19.9 Å². The summed E-state index contributed by atoms with van der Waals surface area (Å²) in [6.45, 7) is 4.14. The molecule has 2 aliphatic carbocycles. The SMILES string of the molecule is CC1(C)[C@H]2CC[C@]1(C#N)C(=O)C2. The van der Waals surface area contributed by atoms with Gasteiger partial charge in [-0.1, -0.05) is 13.8 Å². The average molecular weight is 163 g/mol. The summed E-state index contributed by atoms with van der Waals surface area (Å²) in [5.74, 6) is 0.649. The van der Waals surface area contributed by atoms with Gasteiger partial charge in [0.1, 0.15) is 5.41 Å². The van der Waals surface area contributed by atoms with E-state index in [1.165, 1.54) is 0 Å². The van der Waals surface area contributed by atoms with E-state index in [9.17, 15) is 4.79 Å². The van der Waals surface area contributed by atoms with Crippen LogP contribution in [0.25, 0.3) is 0 Å². The van der Waals surface area contributed by atoms with Crippen LogP contribution in [-0.4, -0.2) is 5.78 Å². The summed E-state index contributed by atoms with van der Waals surface area (Å²) in [5.41, 5.74) is -0.698. The van der Waals surface area contributed by atoms with E-state index in [0.29, 0.717) is 12.3 Å². The number of carbonyl (C=O) groups excluding carboxylic acids is 1. The highest BCUT2D eigenvalue weighted by atomic mass is 16.1. The Bertz CT molecular complexity index is 287. The van der Waals surface area contributed by atoms with Crippen LogP contribution in [-0.2, 0) is 4.79 Å². The highest BCUT2D eigenvalue weighted by Crippen LogP contribution is 2.63. The van der Waals surface area contributed by atoms with E-state index in [-0.39, 0.29) is 11.2 Å². The van der Waals surface area contributed by atoms with Gasteiger partial charge in [-0.05, 0) is 24.2 Å². The molecule has 64 valence electrons. The summed E-state index contributed by atoms with van der Waals surface area (Å²) >= 11 is 0. The van der Waals surface area contributed by atoms with Crippen LogP contribution in [0.5, 0.6) is 0 Å². The van der Waals surface area contributed by atoms with Crippen molar-refractivity contribution >= 4 is 5.78 Å². The molecule has 0 saturated heterocycles. The molecular formula is C10H13NO. The molecule has 0 aliphatic heterocycles. The Morgan fingerprint density at radius 2 is 2.25 bits per heavy atom. The van der Waals surface area contributed by atoms with E-state index < -0.39 is 5.41 Å². The zero-order valence-electron chi connectivity index (χ0n) is 7.55. The van der Waals surface area contributed by atoms with Crippen molar-refractivity contribution in [1.82, 2.24) is 0 Å². The van der Waals surface area contributed by atoms with Crippen LogP contribution in [0, 0.1) is 28.1 Å². The van der Waals surface area contributed by atoms with Crippen molar-refractivity contribution in [1.29, 1.82) is 5.26 Å². The monoisotopic (exact) mass is 163 g/mol. The Morgan fingerprint density at radius 3 is 2.50 bits per heavy atom. The van der Waals surface area contributed by atoms with Crippen LogP contribution in [0.15, 0.2) is 0 Å². The van der Waals surface area contributed by atoms with Crippen LogP contribution in [0.3, 0.4) is 0 Å². The minimum Gasteiger partial charge on any atom is -0.298 e. The van der Waals surface area contributed by atoms with Gasteiger partial charge in [0, 0.05) is 6.42 Å². The fourth-order valence-corrected chi connectivity index (χ4v) is 2.94. The molecule has 0 radical (unpaired) electrons. The maximum absolute atomic E-state index is 11.6. The Kier molecular flexibility index (Phi) is 1.24. The molecule has 2 rings (SSSR count). The quantitative estimate of drug-likeness (QED) is 0.547. The van der Waals surface area contributed by atoms with E-state index in [1.807, 2.05) is 0 Å². The second-order valence-corrected chi connectivity index (χ2v) is 4.60. The number of ketones is 1. The van der Waals surface area contributed by atoms with Gasteiger partial charge in [0.2, 0.25) is 0 Å². The van der Waals surface area contributed by atoms with Crippen molar-refractivity contribution in [3.63, 3.8) is 0 Å². The second kappa shape index (κ2) is 1.90. The maximum atomic E-state index is 11.6. The normalized spacial score (nSPS) is 43.1. The van der Waals surface area contributed by atoms with Gasteiger partial charge < -0.3 is 0 Å². The van der Waals surface area contributed by atoms with Gasteiger partial charge in [-0.25, -0.2) is 0 Å². The topological polar surface area (TPSA) is 40.9 Å². The Balaban J connectivity index is 2.55. The van der Waals surface area contributed by atoms with Gasteiger partial charge in [0.25, 0.3) is 0 Å². The van der Waals surface area contributed by atoms with Crippen molar-refractivity contribution in [2.75, 3.05) is 0 Å². The molecule has 2 heteroatoms. The van der Waals surface area contributed by atoms with Crippen molar-refractivity contribution in [2.45, 2.75) is 33.1 Å². The third-order valence-corrected chi connectivity index (χ3v) is 4.09. The molecule has 2 fully saturated rings. The first kappa shape index (κ1) is 7.79. The number of rotatable bonds is 0. The van der Waals surface area contributed by atoms with Crippen LogP contribution < -0.4 is 0 Å². The molecule has 0 aromatic heterocycles. The Morgan fingerprint density at radius 1 is 1.58 bits per heavy atom. The third-order valence-electron chi connectivity index (χ3n) is 4.09. The van der Waals surface area contributed by atoms with Crippen LogP contribution in [0.2, 0.25) is 0 Å². The molecule has 2 atom stereocenters. The molecule has 0 amide bonds. The second-order valence-electron chi connectivity index (χ2n) is 4.60. The highest BCUT2D eigenvalue weighted by molar-refractivity contribution is 5.92. The average Bonchev–Trinajstić information content (AvgIpc) is 2.36. The number of carbonyl (C=O) groups is 1. The van der Waals surface area contributed by atoms with E-state index in [4.69, 9.17) is 5.26 Å². The summed E-state index contributed by atoms with van der Waals surface area (Å²) in [7, 11) is 0. The first-order valence-electron chi connectivity index (χ1n) is 4.49. The fraction of sp³-hybridized carbons (Fsp3) is 0.800. The van der Waals surface area contributed by atoms with Gasteiger partial charge in [0.15, 0.2) is 5.78 Å². The minimum atomic E-state index is -0.627. The number of hydrogen-bond donors (Lipinski definition) is 0. The predicted molar refractivity (Wildman–Crippen MR) is 44.2 cm³/mol. The highest BCUT2D eigenvalue weighted by Gasteiger charge is 2.64. The zero-order valence-corrected chi connectivity index (χ0v) is 7.55. The summed E-state index contributed by atoms with van der Waals surface area (Å²) < 4.78 is 0. The molecular weight excluding hydrogens is 150 g/mol. The van der Waals surface area contributed by atoms with Gasteiger partial charge in [-0.15, -0.1) is 0 Å². The number of Topliss-reactive ketones (excluding diaryl/α,β-unsaturated/α-hetero) is 1. The molecule has 2 saturated carbocycles. The molecule has 0 aromatic rings. The van der Waals surface area contributed by atoms with Gasteiger partial charge in [-0.2, -0.15) is 5.26 Å². The molecule has 0 N–H and O–H groups in total. The number of hydrogen-bond acceptors (Lipinski definition) is 2. The van der Waals surface area contributed by atoms with E-state index >= 15 is 0 Å². The van der Waals surface area contributed by atoms with E-state index in [1.54, 1.807) is 0 Å². The summed E-state index contributed by atoms with van der Waals surface area (Å²) in [6, 6.07) is 2.26. The molecule has 0 unspecified atom stereocenters. The maximum Gasteiger partial charge on any atom is 0.153 e. The summed E-state index contributed by atoms with van der Waals surface area (Å²) in [6.07, 6.45) is 2.49. The predicted octanol–water partition coefficient (Wildman–Crippen LogP) is 1.91. The fourth-order valence-electron chi connectivity index (χ4n) is 2.94. The first-order chi connectivity index (χ1) is 5.54. The number of fused-ring (bicyclic) bond motifs is 2. The molecule has 2 bridgehead atoms. The Labute approximate surface area is 72.6 Å². The van der Waals surface area contributed by atoms with Gasteiger partial charge in [-0.3, -0.25) is 4.79 Å². The largest absolute Gasteiger partial charge is 0.298 e. The lowest BCUT2D eigenvalue weighted by Gasteiger charge is -2.29. The summed E-state index contributed by atoms with van der Waals surface area (Å²) in [5, 5.41) is 9.08. The van der Waals surface area contributed by atoms with Gasteiger partial charge in [0.05, 0.1) is 6.07 Å². The van der Waals surface area contributed by atoms with Gasteiger partial charge >= 0.3 is 0 Å². The van der Waals surface area contributed by atoms with Crippen molar-refractivity contribution in [3.8, 4) is 6.07 Å². The molecule has 2 nitrogen and oxygen atoms in total. The van der Waals surface area contributed by atoms with Crippen LogP contribution >= 0.6 is 0 Å². The molecule has 0 heterocycles. The summed E-state index contributed by atoms with van der Waals surface area (Å²) in [4.78, 5) is 11.6. The van der Waals surface area contributed by atoms with Crippen molar-refractivity contribution in [3.05, 3.63) is 0 Å². The van der Waals surface area contributed by atoms with E-state index in [0.717, 1.165) is 12.8 Å². The standard InChI is InChI=1S/C10H13NO/c1-9(2)7-3-4-10(9,6-11)8(12)5-7/h7H,3-5H2,1-2H3/t7-,10-/m0/s1. The lowest BCUT2D eigenvalue weighted by Crippen LogP contribution is -2.34. The molecule has 0 spiro atoms. The number of nitrogens with zero attached hydrogens (tertiary/aromatic N) is 1. The lowest BCUT2D eigenvalue weighted by molar-refractivity contribution is -0.126. The lowest BCUT2D eigenvalue weighted by atomic mass is 9.70.